The average molecular weight is 364 g/mol. The van der Waals surface area contributed by atoms with E-state index in [1.807, 2.05) is 23.0 Å². The van der Waals surface area contributed by atoms with Crippen molar-refractivity contribution in [3.63, 3.8) is 0 Å². The highest BCUT2D eigenvalue weighted by atomic mass is 16.5. The third-order valence-corrected chi connectivity index (χ3v) is 6.09. The molecule has 1 aromatic carbocycles. The van der Waals surface area contributed by atoms with E-state index in [1.165, 1.54) is 24.5 Å². The fourth-order valence-corrected chi connectivity index (χ4v) is 4.15. The maximum Gasteiger partial charge on any atom is 0.319 e. The Morgan fingerprint density at radius 2 is 2.11 bits per heavy atom. The minimum Gasteiger partial charge on any atom is -0.468 e. The van der Waals surface area contributed by atoms with Gasteiger partial charge in [-0.25, -0.2) is 4.68 Å². The molecule has 0 N–H and O–H groups in total. The van der Waals surface area contributed by atoms with Crippen LogP contribution in [0.4, 0.5) is 0 Å². The van der Waals surface area contributed by atoms with Gasteiger partial charge in [0.1, 0.15) is 11.6 Å². The summed E-state index contributed by atoms with van der Waals surface area (Å²) in [6.07, 6.45) is 7.21. The van der Waals surface area contributed by atoms with Crippen LogP contribution in [-0.2, 0) is 16.6 Å². The van der Waals surface area contributed by atoms with E-state index >= 15 is 0 Å². The molecule has 2 aliphatic rings. The molecule has 2 atom stereocenters. The zero-order valence-corrected chi connectivity index (χ0v) is 15.3. The summed E-state index contributed by atoms with van der Waals surface area (Å²) in [6.45, 7) is 0. The monoisotopic (exact) mass is 364 g/mol. The summed E-state index contributed by atoms with van der Waals surface area (Å²) in [5.74, 6) is -1.12. The summed E-state index contributed by atoms with van der Waals surface area (Å²) in [4.78, 5) is 25.1. The first-order chi connectivity index (χ1) is 13.0. The summed E-state index contributed by atoms with van der Waals surface area (Å²) in [5, 5.41) is 9.87. The maximum absolute atomic E-state index is 12.7. The lowest BCUT2D eigenvalue weighted by molar-refractivity contribution is -0.141. The molecule has 0 amide bonds. The minimum absolute atomic E-state index is 0.102. The van der Waals surface area contributed by atoms with Crippen LogP contribution < -0.4 is 5.56 Å². The van der Waals surface area contributed by atoms with E-state index in [9.17, 15) is 9.59 Å². The van der Waals surface area contributed by atoms with Crippen molar-refractivity contribution in [1.29, 1.82) is 0 Å². The van der Waals surface area contributed by atoms with Crippen molar-refractivity contribution in [2.75, 3.05) is 7.11 Å². The quantitative estimate of drug-likeness (QED) is 0.663. The normalized spacial score (nSPS) is 20.6. The molecule has 7 heteroatoms. The van der Waals surface area contributed by atoms with Gasteiger partial charge in [0, 0.05) is 18.6 Å². The zero-order chi connectivity index (χ0) is 18.8. The Labute approximate surface area is 155 Å². The smallest absolute Gasteiger partial charge is 0.319 e. The Bertz CT molecular complexity index is 1130. The van der Waals surface area contributed by atoms with Crippen LogP contribution in [0.15, 0.2) is 41.5 Å². The second-order valence-electron chi connectivity index (χ2n) is 7.70. The van der Waals surface area contributed by atoms with Crippen LogP contribution in [0, 0.1) is 5.41 Å². The van der Waals surface area contributed by atoms with E-state index in [0.717, 1.165) is 11.8 Å². The zero-order valence-electron chi connectivity index (χ0n) is 15.3. The second-order valence-corrected chi connectivity index (χ2v) is 7.70. The molecule has 0 saturated heterocycles. The van der Waals surface area contributed by atoms with E-state index < -0.39 is 11.9 Å². The standard InChI is InChI=1S/C20H20N4O3/c1-23-9-6-12-13(4-3-5-14(12)18(23)25)17(19(26)27-2)15-11-24(22-21-15)16-10-20(16)7-8-20/h3-6,9,11,16-17H,7-8,10H2,1-2H3. The predicted molar refractivity (Wildman–Crippen MR) is 98.4 cm³/mol. The number of benzene rings is 1. The van der Waals surface area contributed by atoms with Gasteiger partial charge in [0.15, 0.2) is 0 Å². The first-order valence-electron chi connectivity index (χ1n) is 9.12. The summed E-state index contributed by atoms with van der Waals surface area (Å²) >= 11 is 0. The Morgan fingerprint density at radius 3 is 2.81 bits per heavy atom. The molecule has 3 aromatic rings. The van der Waals surface area contributed by atoms with E-state index in [4.69, 9.17) is 4.74 Å². The van der Waals surface area contributed by atoms with Crippen LogP contribution in [0.1, 0.15) is 42.5 Å². The number of nitrogens with zero attached hydrogens (tertiary/aromatic N) is 4. The number of pyridine rings is 1. The van der Waals surface area contributed by atoms with Gasteiger partial charge in [-0.1, -0.05) is 17.3 Å². The lowest BCUT2D eigenvalue weighted by atomic mass is 9.92. The fraction of sp³-hybridized carbons (Fsp3) is 0.400. The highest BCUT2D eigenvalue weighted by molar-refractivity contribution is 5.92. The van der Waals surface area contributed by atoms with Crippen molar-refractivity contribution in [3.8, 4) is 0 Å². The molecule has 138 valence electrons. The lowest BCUT2D eigenvalue weighted by Crippen LogP contribution is -2.19. The molecule has 0 bridgehead atoms. The number of fused-ring (bicyclic) bond motifs is 1. The van der Waals surface area contributed by atoms with Crippen LogP contribution in [0.3, 0.4) is 0 Å². The predicted octanol–water partition coefficient (Wildman–Crippen LogP) is 2.16. The molecule has 2 aliphatic carbocycles. The molecule has 2 heterocycles. The van der Waals surface area contributed by atoms with Gasteiger partial charge in [-0.05, 0) is 47.8 Å². The molecule has 7 nitrogen and oxygen atoms in total. The van der Waals surface area contributed by atoms with Gasteiger partial charge in [0.05, 0.1) is 19.3 Å². The first-order valence-corrected chi connectivity index (χ1v) is 9.12. The third-order valence-electron chi connectivity index (χ3n) is 6.09. The van der Waals surface area contributed by atoms with Gasteiger partial charge < -0.3 is 9.30 Å². The number of esters is 1. The molecule has 1 spiro atoms. The number of methoxy groups -OCH3 is 1. The highest BCUT2D eigenvalue weighted by Crippen LogP contribution is 2.72. The number of rotatable bonds is 4. The number of ether oxygens (including phenoxy) is 1. The van der Waals surface area contributed by atoms with Gasteiger partial charge >= 0.3 is 5.97 Å². The second kappa shape index (κ2) is 5.52. The molecule has 0 radical (unpaired) electrons. The van der Waals surface area contributed by atoms with Crippen molar-refractivity contribution < 1.29 is 9.53 Å². The number of hydrogen-bond donors (Lipinski definition) is 0. The number of aryl methyl sites for hydroxylation is 1. The molecular formula is C20H20N4O3. The molecule has 2 saturated carbocycles. The lowest BCUT2D eigenvalue weighted by Gasteiger charge is -2.15. The van der Waals surface area contributed by atoms with Crippen LogP contribution in [0.25, 0.3) is 10.8 Å². The topological polar surface area (TPSA) is 79.0 Å². The first kappa shape index (κ1) is 16.2. The van der Waals surface area contributed by atoms with Crippen LogP contribution in [0.2, 0.25) is 0 Å². The van der Waals surface area contributed by atoms with E-state index in [0.29, 0.717) is 28.1 Å². The van der Waals surface area contributed by atoms with Gasteiger partial charge in [-0.2, -0.15) is 0 Å². The van der Waals surface area contributed by atoms with Gasteiger partial charge in [-0.15, -0.1) is 5.10 Å². The molecule has 0 aliphatic heterocycles. The summed E-state index contributed by atoms with van der Waals surface area (Å²) in [5.41, 5.74) is 1.60. The highest BCUT2D eigenvalue weighted by Gasteiger charge is 2.64. The van der Waals surface area contributed by atoms with Crippen molar-refractivity contribution in [2.45, 2.75) is 31.2 Å². The van der Waals surface area contributed by atoms with E-state index in [1.54, 1.807) is 25.4 Å². The number of carbonyl (C=O) groups is 1. The van der Waals surface area contributed by atoms with Gasteiger partial charge in [0.2, 0.25) is 0 Å². The van der Waals surface area contributed by atoms with E-state index in [2.05, 4.69) is 10.3 Å². The summed E-state index contributed by atoms with van der Waals surface area (Å²) in [7, 11) is 3.07. The van der Waals surface area contributed by atoms with Crippen molar-refractivity contribution in [3.05, 3.63) is 58.3 Å². The Kier molecular flexibility index (Phi) is 3.32. The average Bonchev–Trinajstić information content (AvgIpc) is 3.57. The number of hydrogen-bond acceptors (Lipinski definition) is 5. The van der Waals surface area contributed by atoms with E-state index in [-0.39, 0.29) is 5.56 Å². The SMILES string of the molecule is COC(=O)C(c1cn(C2CC23CC3)nn1)c1cccc2c(=O)n(C)ccc12. The Balaban J connectivity index is 1.63. The Hall–Kier alpha value is -2.96. The fourth-order valence-electron chi connectivity index (χ4n) is 4.15. The summed E-state index contributed by atoms with van der Waals surface area (Å²) < 4.78 is 8.48. The molecule has 2 unspecified atom stereocenters. The van der Waals surface area contributed by atoms with Gasteiger partial charge in [-0.3, -0.25) is 9.59 Å². The molecule has 2 fully saturated rings. The van der Waals surface area contributed by atoms with Crippen molar-refractivity contribution in [2.24, 2.45) is 12.5 Å². The van der Waals surface area contributed by atoms with Crippen LogP contribution in [-0.4, -0.2) is 32.6 Å². The largest absolute Gasteiger partial charge is 0.468 e. The third kappa shape index (κ3) is 2.41. The molecule has 5 rings (SSSR count). The molecule has 27 heavy (non-hydrogen) atoms. The van der Waals surface area contributed by atoms with Crippen LogP contribution >= 0.6 is 0 Å². The van der Waals surface area contributed by atoms with Gasteiger partial charge in [0.25, 0.3) is 5.56 Å². The summed E-state index contributed by atoms with van der Waals surface area (Å²) in [6, 6.07) is 7.67. The minimum atomic E-state index is -0.714. The van der Waals surface area contributed by atoms with Crippen molar-refractivity contribution >= 4 is 16.7 Å². The Morgan fingerprint density at radius 1 is 1.30 bits per heavy atom. The molecular weight excluding hydrogens is 344 g/mol. The van der Waals surface area contributed by atoms with Crippen molar-refractivity contribution in [1.82, 2.24) is 19.6 Å². The molecule has 2 aromatic heterocycles. The van der Waals surface area contributed by atoms with Crippen LogP contribution in [0.5, 0.6) is 0 Å². The number of aromatic nitrogens is 4. The maximum atomic E-state index is 12.7. The number of carbonyl (C=O) groups excluding carboxylic acids is 1.